The molecular weight excluding hydrogens is 288 g/mol. The number of aromatic nitrogens is 2. The average Bonchev–Trinajstić information content (AvgIpc) is 2.55. The molecule has 2 heterocycles. The first-order valence-corrected chi connectivity index (χ1v) is 8.11. The number of aliphatic hydroxyl groups is 1. The Morgan fingerprint density at radius 1 is 1.30 bits per heavy atom. The molecule has 1 aliphatic rings. The second kappa shape index (κ2) is 7.64. The van der Waals surface area contributed by atoms with Crippen molar-refractivity contribution in [2.45, 2.75) is 25.6 Å². The van der Waals surface area contributed by atoms with Crippen LogP contribution in [0.3, 0.4) is 0 Å². The van der Waals surface area contributed by atoms with Gasteiger partial charge in [0.1, 0.15) is 6.33 Å². The van der Waals surface area contributed by atoms with Gasteiger partial charge in [0.2, 0.25) is 0 Å². The Morgan fingerprint density at radius 2 is 2.13 bits per heavy atom. The molecule has 3 rings (SSSR count). The van der Waals surface area contributed by atoms with Crippen molar-refractivity contribution >= 4 is 0 Å². The number of fused-ring (bicyclic) bond motifs is 1. The Kier molecular flexibility index (Phi) is 5.33. The minimum Gasteiger partial charge on any atom is -0.390 e. The number of rotatable bonds is 6. The highest BCUT2D eigenvalue weighted by atomic mass is 16.3. The van der Waals surface area contributed by atoms with Crippen molar-refractivity contribution in [2.75, 3.05) is 26.7 Å². The number of nitrogens with zero attached hydrogens (tertiary/aromatic N) is 4. The molecule has 0 unspecified atom stereocenters. The van der Waals surface area contributed by atoms with Crippen LogP contribution in [-0.2, 0) is 19.5 Å². The highest BCUT2D eigenvalue weighted by molar-refractivity contribution is 5.18. The standard InChI is InChI=1S/C18H24N4O/c1-21(10-15-5-3-2-4-6-15)11-17(23)12-22-8-7-16-9-19-14-20-18(16)13-22/h2-6,9,14,17,23H,7-8,10-13H2,1H3/t17-/m1/s1. The first-order chi connectivity index (χ1) is 11.2. The molecule has 0 aliphatic carbocycles. The summed E-state index contributed by atoms with van der Waals surface area (Å²) in [5.41, 5.74) is 3.60. The second-order valence-corrected chi connectivity index (χ2v) is 6.32. The van der Waals surface area contributed by atoms with E-state index in [1.54, 1.807) is 6.33 Å². The van der Waals surface area contributed by atoms with E-state index in [9.17, 15) is 5.11 Å². The lowest BCUT2D eigenvalue weighted by Gasteiger charge is -2.30. The first kappa shape index (κ1) is 16.1. The van der Waals surface area contributed by atoms with E-state index in [-0.39, 0.29) is 6.10 Å². The van der Waals surface area contributed by atoms with Gasteiger partial charge in [-0.25, -0.2) is 9.97 Å². The third kappa shape index (κ3) is 4.58. The predicted octanol–water partition coefficient (Wildman–Crippen LogP) is 1.33. The molecule has 1 aromatic heterocycles. The summed E-state index contributed by atoms with van der Waals surface area (Å²) in [6, 6.07) is 10.4. The molecule has 0 saturated heterocycles. The van der Waals surface area contributed by atoms with Crippen molar-refractivity contribution in [3.8, 4) is 0 Å². The molecule has 1 aromatic carbocycles. The fourth-order valence-corrected chi connectivity index (χ4v) is 3.14. The van der Waals surface area contributed by atoms with Gasteiger partial charge in [-0.15, -0.1) is 0 Å². The zero-order valence-corrected chi connectivity index (χ0v) is 13.6. The van der Waals surface area contributed by atoms with Crippen molar-refractivity contribution in [1.29, 1.82) is 0 Å². The predicted molar refractivity (Wildman–Crippen MR) is 89.8 cm³/mol. The maximum absolute atomic E-state index is 10.4. The minimum atomic E-state index is -0.355. The van der Waals surface area contributed by atoms with Crippen LogP contribution in [0.1, 0.15) is 16.8 Å². The summed E-state index contributed by atoms with van der Waals surface area (Å²) in [5, 5.41) is 10.4. The molecular formula is C18H24N4O. The van der Waals surface area contributed by atoms with Gasteiger partial charge in [0, 0.05) is 38.9 Å². The highest BCUT2D eigenvalue weighted by Crippen LogP contribution is 2.15. The Balaban J connectivity index is 1.47. The Hall–Kier alpha value is -1.82. The average molecular weight is 312 g/mol. The van der Waals surface area contributed by atoms with Crippen molar-refractivity contribution < 1.29 is 5.11 Å². The van der Waals surface area contributed by atoms with E-state index in [0.717, 1.165) is 31.7 Å². The molecule has 0 amide bonds. The Morgan fingerprint density at radius 3 is 2.96 bits per heavy atom. The van der Waals surface area contributed by atoms with Crippen LogP contribution in [0, 0.1) is 0 Å². The van der Waals surface area contributed by atoms with Crippen LogP contribution < -0.4 is 0 Å². The fourth-order valence-electron chi connectivity index (χ4n) is 3.14. The van der Waals surface area contributed by atoms with Crippen LogP contribution in [0.4, 0.5) is 0 Å². The molecule has 0 saturated carbocycles. The molecule has 1 N–H and O–H groups in total. The Labute approximate surface area is 137 Å². The van der Waals surface area contributed by atoms with Crippen molar-refractivity contribution in [3.63, 3.8) is 0 Å². The van der Waals surface area contributed by atoms with Crippen molar-refractivity contribution in [3.05, 3.63) is 59.7 Å². The van der Waals surface area contributed by atoms with Crippen LogP contribution in [0.5, 0.6) is 0 Å². The molecule has 0 spiro atoms. The summed E-state index contributed by atoms with van der Waals surface area (Å²) in [6.07, 6.45) is 4.12. The molecule has 1 atom stereocenters. The number of likely N-dealkylation sites (N-methyl/N-ethyl adjacent to an activating group) is 1. The van der Waals surface area contributed by atoms with E-state index >= 15 is 0 Å². The lowest BCUT2D eigenvalue weighted by Crippen LogP contribution is -2.41. The SMILES string of the molecule is CN(Cc1ccccc1)C[C@@H](O)CN1CCc2cncnc2C1. The van der Waals surface area contributed by atoms with Crippen molar-refractivity contribution in [1.82, 2.24) is 19.8 Å². The zero-order chi connectivity index (χ0) is 16.1. The van der Waals surface area contributed by atoms with Gasteiger partial charge in [-0.1, -0.05) is 30.3 Å². The van der Waals surface area contributed by atoms with Gasteiger partial charge in [0.15, 0.2) is 0 Å². The fraction of sp³-hybridized carbons (Fsp3) is 0.444. The van der Waals surface area contributed by atoms with Gasteiger partial charge in [-0.2, -0.15) is 0 Å². The molecule has 0 bridgehead atoms. The maximum Gasteiger partial charge on any atom is 0.115 e. The smallest absolute Gasteiger partial charge is 0.115 e. The zero-order valence-electron chi connectivity index (χ0n) is 13.6. The van der Waals surface area contributed by atoms with Gasteiger partial charge in [-0.3, -0.25) is 9.80 Å². The molecule has 1 aliphatic heterocycles. The Bertz CT molecular complexity index is 619. The molecule has 23 heavy (non-hydrogen) atoms. The van der Waals surface area contributed by atoms with E-state index in [1.165, 1.54) is 11.1 Å². The van der Waals surface area contributed by atoms with E-state index in [0.29, 0.717) is 13.1 Å². The maximum atomic E-state index is 10.4. The minimum absolute atomic E-state index is 0.355. The number of hydrogen-bond donors (Lipinski definition) is 1. The number of hydrogen-bond acceptors (Lipinski definition) is 5. The van der Waals surface area contributed by atoms with E-state index < -0.39 is 0 Å². The highest BCUT2D eigenvalue weighted by Gasteiger charge is 2.20. The molecule has 5 nitrogen and oxygen atoms in total. The van der Waals surface area contributed by atoms with Crippen molar-refractivity contribution in [2.24, 2.45) is 0 Å². The molecule has 122 valence electrons. The molecule has 0 fully saturated rings. The molecule has 2 aromatic rings. The van der Waals surface area contributed by atoms with Gasteiger partial charge in [0.05, 0.1) is 11.8 Å². The van der Waals surface area contributed by atoms with Crippen LogP contribution in [0.15, 0.2) is 42.9 Å². The van der Waals surface area contributed by atoms with Gasteiger partial charge in [0.25, 0.3) is 0 Å². The summed E-state index contributed by atoms with van der Waals surface area (Å²) >= 11 is 0. The topological polar surface area (TPSA) is 52.5 Å². The van der Waals surface area contributed by atoms with Gasteiger partial charge in [-0.05, 0) is 24.6 Å². The van der Waals surface area contributed by atoms with Crippen LogP contribution in [-0.4, -0.2) is 57.7 Å². The normalized spacial score (nSPS) is 16.3. The number of aliphatic hydroxyl groups excluding tert-OH is 1. The summed E-state index contributed by atoms with van der Waals surface area (Å²) in [5.74, 6) is 0. The second-order valence-electron chi connectivity index (χ2n) is 6.32. The molecule has 0 radical (unpaired) electrons. The van der Waals surface area contributed by atoms with Gasteiger partial charge >= 0.3 is 0 Å². The number of benzene rings is 1. The summed E-state index contributed by atoms with van der Waals surface area (Å²) in [7, 11) is 2.05. The third-order valence-electron chi connectivity index (χ3n) is 4.24. The summed E-state index contributed by atoms with van der Waals surface area (Å²) in [4.78, 5) is 12.9. The summed E-state index contributed by atoms with van der Waals surface area (Å²) in [6.45, 7) is 3.97. The summed E-state index contributed by atoms with van der Waals surface area (Å²) < 4.78 is 0. The van der Waals surface area contributed by atoms with Crippen LogP contribution in [0.2, 0.25) is 0 Å². The first-order valence-electron chi connectivity index (χ1n) is 8.11. The lowest BCUT2D eigenvalue weighted by atomic mass is 10.1. The van der Waals surface area contributed by atoms with Gasteiger partial charge < -0.3 is 5.11 Å². The van der Waals surface area contributed by atoms with E-state index in [1.807, 2.05) is 24.4 Å². The quantitative estimate of drug-likeness (QED) is 0.872. The third-order valence-corrected chi connectivity index (χ3v) is 4.24. The van der Waals surface area contributed by atoms with Crippen LogP contribution in [0.25, 0.3) is 0 Å². The van der Waals surface area contributed by atoms with E-state index in [2.05, 4.69) is 38.9 Å². The van der Waals surface area contributed by atoms with Crippen LogP contribution >= 0.6 is 0 Å². The van der Waals surface area contributed by atoms with E-state index in [4.69, 9.17) is 0 Å². The number of β-amino-alcohol motifs (C(OH)–C–C–N with tert-alkyl or cyclic N) is 1. The lowest BCUT2D eigenvalue weighted by molar-refractivity contribution is 0.0743. The monoisotopic (exact) mass is 312 g/mol. The largest absolute Gasteiger partial charge is 0.390 e. The molecule has 5 heteroatoms.